The van der Waals surface area contributed by atoms with E-state index in [2.05, 4.69) is 4.90 Å². The number of nitrogens with zero attached hydrogens (tertiary/aromatic N) is 2. The van der Waals surface area contributed by atoms with Crippen LogP contribution in [0.2, 0.25) is 0 Å². The number of quaternary nitrogens is 1. The highest BCUT2D eigenvalue weighted by Crippen LogP contribution is 2.37. The zero-order valence-corrected chi connectivity index (χ0v) is 19.7. The number of esters is 1. The van der Waals surface area contributed by atoms with Gasteiger partial charge in [0, 0.05) is 24.3 Å². The van der Waals surface area contributed by atoms with Gasteiger partial charge in [-0.15, -0.1) is 0 Å². The van der Waals surface area contributed by atoms with Crippen LogP contribution in [0.3, 0.4) is 0 Å². The van der Waals surface area contributed by atoms with Gasteiger partial charge >= 0.3 is 5.97 Å². The topological polar surface area (TPSA) is 46.6 Å². The third kappa shape index (κ3) is 4.93. The second-order valence-electron chi connectivity index (χ2n) is 10.3. The molecule has 2 unspecified atom stereocenters. The molecule has 4 aliphatic rings. The average molecular weight is 466 g/mol. The number of likely N-dealkylation sites (tertiary alicyclic amines) is 1. The van der Waals surface area contributed by atoms with E-state index in [9.17, 15) is 14.0 Å². The third-order valence-corrected chi connectivity index (χ3v) is 8.05. The fourth-order valence-electron chi connectivity index (χ4n) is 6.13. The number of carbonyl (C=O) groups is 2. The molecule has 5 nitrogen and oxygen atoms in total. The molecule has 0 N–H and O–H groups in total. The third-order valence-electron chi connectivity index (χ3n) is 8.05. The van der Waals surface area contributed by atoms with Crippen molar-refractivity contribution >= 4 is 11.8 Å². The van der Waals surface area contributed by atoms with Crippen LogP contribution in [0.15, 0.2) is 54.6 Å². The van der Waals surface area contributed by atoms with Gasteiger partial charge < -0.3 is 9.22 Å². The molecule has 0 aromatic heterocycles. The number of Topliss-reactive ketones (excluding diaryl/α,β-unsaturated/α-hetero) is 1. The molecule has 4 heterocycles. The molecule has 2 bridgehead atoms. The molecular weight excluding hydrogens is 431 g/mol. The molecule has 0 spiro atoms. The Labute approximate surface area is 201 Å². The van der Waals surface area contributed by atoms with Gasteiger partial charge in [-0.2, -0.15) is 0 Å². The second-order valence-corrected chi connectivity index (χ2v) is 10.3. The van der Waals surface area contributed by atoms with Gasteiger partial charge in [-0.1, -0.05) is 48.9 Å². The number of carbonyl (C=O) groups excluding carboxylic acids is 2. The number of piperidine rings is 4. The van der Waals surface area contributed by atoms with Crippen molar-refractivity contribution in [3.05, 3.63) is 71.5 Å². The van der Waals surface area contributed by atoms with Crippen LogP contribution in [-0.2, 0) is 9.53 Å². The monoisotopic (exact) mass is 465 g/mol. The highest BCUT2D eigenvalue weighted by molar-refractivity contribution is 5.97. The molecule has 4 saturated heterocycles. The summed E-state index contributed by atoms with van der Waals surface area (Å²) in [5.41, 5.74) is 1.54. The highest BCUT2D eigenvalue weighted by Gasteiger charge is 2.49. The summed E-state index contributed by atoms with van der Waals surface area (Å²) < 4.78 is 20.5. The number of ether oxygens (including phenoxy) is 1. The molecule has 180 valence electrons. The summed E-state index contributed by atoms with van der Waals surface area (Å²) in [7, 11) is 0. The van der Waals surface area contributed by atoms with Crippen LogP contribution in [0.25, 0.3) is 0 Å². The van der Waals surface area contributed by atoms with E-state index in [0.717, 1.165) is 63.0 Å². The molecule has 2 atom stereocenters. The fraction of sp³-hybridized carbons (Fsp3) is 0.500. The summed E-state index contributed by atoms with van der Waals surface area (Å²) in [5.74, 6) is -0.0317. The first-order chi connectivity index (χ1) is 16.5. The predicted octanol–water partition coefficient (Wildman–Crippen LogP) is 4.39. The highest BCUT2D eigenvalue weighted by atomic mass is 19.1. The van der Waals surface area contributed by atoms with E-state index in [1.54, 1.807) is 12.1 Å². The molecule has 4 fully saturated rings. The number of hydrogen-bond acceptors (Lipinski definition) is 4. The minimum absolute atomic E-state index is 0.156. The molecular formula is C28H34FN2O3+. The zero-order valence-electron chi connectivity index (χ0n) is 19.7. The van der Waals surface area contributed by atoms with Gasteiger partial charge in [0.1, 0.15) is 24.9 Å². The van der Waals surface area contributed by atoms with E-state index in [-0.39, 0.29) is 23.7 Å². The van der Waals surface area contributed by atoms with Crippen molar-refractivity contribution in [2.24, 2.45) is 5.92 Å². The summed E-state index contributed by atoms with van der Waals surface area (Å²) in [6.07, 6.45) is 5.06. The maximum Gasteiger partial charge on any atom is 0.328 e. The smallest absolute Gasteiger partial charge is 0.328 e. The quantitative estimate of drug-likeness (QED) is 0.346. The second kappa shape index (κ2) is 9.96. The lowest BCUT2D eigenvalue weighted by Gasteiger charge is -2.51. The van der Waals surface area contributed by atoms with Gasteiger partial charge in [-0.3, -0.25) is 9.69 Å². The molecule has 4 aliphatic heterocycles. The lowest BCUT2D eigenvalue weighted by molar-refractivity contribution is -0.938. The van der Waals surface area contributed by atoms with Crippen LogP contribution < -0.4 is 0 Å². The molecule has 0 saturated carbocycles. The van der Waals surface area contributed by atoms with Crippen LogP contribution in [0.5, 0.6) is 0 Å². The SMILES string of the molecule is O=C(C[N+]12CCC(CC1)C(OC(=O)C(c1ccc(F)cc1)N1CCCCC1)C2)c1ccccc1. The van der Waals surface area contributed by atoms with E-state index in [1.165, 1.54) is 18.6 Å². The molecule has 2 aromatic carbocycles. The lowest BCUT2D eigenvalue weighted by atomic mass is 9.82. The Balaban J connectivity index is 1.31. The first-order valence-electron chi connectivity index (χ1n) is 12.7. The van der Waals surface area contributed by atoms with Gasteiger partial charge in [0.05, 0.1) is 13.1 Å². The van der Waals surface area contributed by atoms with Crippen molar-refractivity contribution in [1.29, 1.82) is 0 Å². The summed E-state index contributed by atoms with van der Waals surface area (Å²) >= 11 is 0. The number of fused-ring (bicyclic) bond motifs is 3. The summed E-state index contributed by atoms with van der Waals surface area (Å²) in [5, 5.41) is 0. The first-order valence-corrected chi connectivity index (χ1v) is 12.7. The molecule has 2 aromatic rings. The van der Waals surface area contributed by atoms with Crippen molar-refractivity contribution in [2.75, 3.05) is 39.3 Å². The van der Waals surface area contributed by atoms with Crippen LogP contribution in [0, 0.1) is 11.7 Å². The fourth-order valence-corrected chi connectivity index (χ4v) is 6.13. The van der Waals surface area contributed by atoms with Gasteiger partial charge in [-0.05, 0) is 43.6 Å². The van der Waals surface area contributed by atoms with Crippen LogP contribution in [0.4, 0.5) is 4.39 Å². The van der Waals surface area contributed by atoms with Gasteiger partial charge in [0.15, 0.2) is 6.10 Å². The van der Waals surface area contributed by atoms with Crippen molar-refractivity contribution in [3.63, 3.8) is 0 Å². The lowest BCUT2D eigenvalue weighted by Crippen LogP contribution is -2.66. The Bertz CT molecular complexity index is 996. The van der Waals surface area contributed by atoms with E-state index in [4.69, 9.17) is 4.74 Å². The first kappa shape index (κ1) is 23.2. The van der Waals surface area contributed by atoms with Crippen molar-refractivity contribution in [1.82, 2.24) is 4.90 Å². The molecule has 6 heteroatoms. The maximum absolute atomic E-state index is 13.6. The summed E-state index contributed by atoms with van der Waals surface area (Å²) in [6, 6.07) is 15.2. The van der Waals surface area contributed by atoms with E-state index in [1.807, 2.05) is 30.3 Å². The van der Waals surface area contributed by atoms with Gasteiger partial charge in [0.25, 0.3) is 0 Å². The number of rotatable bonds is 7. The minimum Gasteiger partial charge on any atom is -0.455 e. The van der Waals surface area contributed by atoms with Crippen molar-refractivity contribution < 1.29 is 23.2 Å². The van der Waals surface area contributed by atoms with E-state index >= 15 is 0 Å². The standard InChI is InChI=1S/C28H34FN2O3/c29-24-11-9-23(10-12-24)27(30-15-5-2-6-16-30)28(33)34-26-20-31(17-13-22(26)14-18-31)19-25(32)21-7-3-1-4-8-21/h1,3-4,7-12,22,26-27H,2,5-6,13-20H2/q+1. The molecule has 6 rings (SSSR count). The molecule has 0 amide bonds. The normalized spacial score (nSPS) is 27.8. The van der Waals surface area contributed by atoms with Crippen LogP contribution in [-0.4, -0.2) is 66.5 Å². The van der Waals surface area contributed by atoms with E-state index < -0.39 is 6.04 Å². The Morgan fingerprint density at radius 1 is 0.971 bits per heavy atom. The Kier molecular flexibility index (Phi) is 6.79. The van der Waals surface area contributed by atoms with Crippen molar-refractivity contribution in [3.8, 4) is 0 Å². The molecule has 0 aliphatic carbocycles. The average Bonchev–Trinajstić information content (AvgIpc) is 2.87. The molecule has 0 radical (unpaired) electrons. The minimum atomic E-state index is -0.504. The Morgan fingerprint density at radius 2 is 1.65 bits per heavy atom. The van der Waals surface area contributed by atoms with Gasteiger partial charge in [-0.25, -0.2) is 9.18 Å². The van der Waals surface area contributed by atoms with Crippen LogP contribution in [0.1, 0.15) is 54.1 Å². The zero-order chi connectivity index (χ0) is 23.5. The number of ketones is 1. The maximum atomic E-state index is 13.6. The number of benzene rings is 2. The van der Waals surface area contributed by atoms with E-state index in [0.29, 0.717) is 23.5 Å². The number of hydrogen-bond donors (Lipinski definition) is 0. The van der Waals surface area contributed by atoms with Crippen LogP contribution >= 0.6 is 0 Å². The van der Waals surface area contributed by atoms with Gasteiger partial charge in [0.2, 0.25) is 5.78 Å². The largest absolute Gasteiger partial charge is 0.455 e. The Hall–Kier alpha value is -2.57. The Morgan fingerprint density at radius 3 is 2.32 bits per heavy atom. The summed E-state index contributed by atoms with van der Waals surface area (Å²) in [4.78, 5) is 28.8. The summed E-state index contributed by atoms with van der Waals surface area (Å²) in [6.45, 7) is 4.77. The molecule has 34 heavy (non-hydrogen) atoms. The number of halogens is 1. The van der Waals surface area contributed by atoms with Crippen molar-refractivity contribution in [2.45, 2.75) is 44.2 Å². The predicted molar refractivity (Wildman–Crippen MR) is 128 cm³/mol.